The molecule has 0 amide bonds. The fraction of sp³-hybridized carbons (Fsp3) is 0.667. The van der Waals surface area contributed by atoms with E-state index >= 15 is 0 Å². The van der Waals surface area contributed by atoms with Crippen molar-refractivity contribution in [1.82, 2.24) is 0 Å². The molecule has 1 atom stereocenters. The Kier molecular flexibility index (Phi) is 4.53. The Morgan fingerprint density at radius 2 is 1.19 bits per heavy atom. The highest BCUT2D eigenvalue weighted by Crippen LogP contribution is 2.41. The second kappa shape index (κ2) is 5.29. The maximum absolute atomic E-state index is 10.7. The Balaban J connectivity index is 3.63. The summed E-state index contributed by atoms with van der Waals surface area (Å²) in [5.41, 5.74) is 7.34. The minimum Gasteiger partial charge on any atom is -0.507 e. The molecular formula is C18H31NO2. The highest BCUT2D eigenvalue weighted by molar-refractivity contribution is 5.50. The predicted octanol–water partition coefficient (Wildman–Crippen LogP) is 3.76. The number of aromatic hydroxyl groups is 1. The van der Waals surface area contributed by atoms with Gasteiger partial charge >= 0.3 is 0 Å². The van der Waals surface area contributed by atoms with Crippen LogP contribution < -0.4 is 5.73 Å². The Hall–Kier alpha value is -1.06. The summed E-state index contributed by atoms with van der Waals surface area (Å²) < 4.78 is 0. The molecule has 0 aliphatic rings. The fourth-order valence-electron chi connectivity index (χ4n) is 2.39. The molecule has 0 spiro atoms. The summed E-state index contributed by atoms with van der Waals surface area (Å²) in [4.78, 5) is 0. The third-order valence-electron chi connectivity index (χ3n) is 3.77. The Labute approximate surface area is 129 Å². The average Bonchev–Trinajstić information content (AvgIpc) is 2.23. The van der Waals surface area contributed by atoms with Gasteiger partial charge in [0.05, 0.1) is 6.10 Å². The van der Waals surface area contributed by atoms with Crippen LogP contribution in [0.25, 0.3) is 0 Å². The lowest BCUT2D eigenvalue weighted by atomic mass is 9.77. The second-order valence-electron chi connectivity index (χ2n) is 8.69. The lowest BCUT2D eigenvalue weighted by Gasteiger charge is -2.32. The minimum atomic E-state index is -0.778. The molecule has 0 saturated carbocycles. The van der Waals surface area contributed by atoms with E-state index in [2.05, 4.69) is 41.5 Å². The van der Waals surface area contributed by atoms with Crippen molar-refractivity contribution < 1.29 is 10.2 Å². The number of aliphatic hydroxyl groups is 1. The van der Waals surface area contributed by atoms with E-state index < -0.39 is 11.6 Å². The van der Waals surface area contributed by atoms with Gasteiger partial charge < -0.3 is 15.9 Å². The van der Waals surface area contributed by atoms with Crippen LogP contribution in [-0.2, 0) is 10.8 Å². The van der Waals surface area contributed by atoms with Gasteiger partial charge in [0.1, 0.15) is 5.75 Å². The molecule has 120 valence electrons. The van der Waals surface area contributed by atoms with Gasteiger partial charge in [0.15, 0.2) is 0 Å². The lowest BCUT2D eigenvalue weighted by molar-refractivity contribution is 0.104. The summed E-state index contributed by atoms with van der Waals surface area (Å²) in [5, 5.41) is 21.2. The number of hydrogen-bond acceptors (Lipinski definition) is 3. The largest absolute Gasteiger partial charge is 0.507 e. The zero-order chi connectivity index (χ0) is 16.8. The Morgan fingerprint density at radius 3 is 1.43 bits per heavy atom. The van der Waals surface area contributed by atoms with E-state index in [4.69, 9.17) is 5.73 Å². The first-order chi connectivity index (χ1) is 9.15. The number of benzene rings is 1. The maximum atomic E-state index is 10.7. The van der Waals surface area contributed by atoms with E-state index in [9.17, 15) is 10.2 Å². The van der Waals surface area contributed by atoms with Crippen LogP contribution in [0.15, 0.2) is 12.1 Å². The fourth-order valence-corrected chi connectivity index (χ4v) is 2.39. The molecule has 0 aromatic heterocycles. The molecule has 1 rings (SSSR count). The van der Waals surface area contributed by atoms with Crippen molar-refractivity contribution in [2.45, 2.75) is 77.9 Å². The quantitative estimate of drug-likeness (QED) is 0.778. The molecule has 0 saturated heterocycles. The molecule has 1 unspecified atom stereocenters. The van der Waals surface area contributed by atoms with Crippen molar-refractivity contribution in [2.75, 3.05) is 0 Å². The van der Waals surface area contributed by atoms with Gasteiger partial charge in [-0.2, -0.15) is 0 Å². The molecule has 0 radical (unpaired) electrons. The average molecular weight is 293 g/mol. The number of aliphatic hydroxyl groups excluding tert-OH is 1. The van der Waals surface area contributed by atoms with Crippen LogP contribution in [0.5, 0.6) is 5.75 Å². The van der Waals surface area contributed by atoms with Crippen molar-refractivity contribution in [3.05, 3.63) is 28.8 Å². The third-order valence-corrected chi connectivity index (χ3v) is 3.77. The monoisotopic (exact) mass is 293 g/mol. The van der Waals surface area contributed by atoms with E-state index in [0.717, 1.165) is 16.7 Å². The van der Waals surface area contributed by atoms with Crippen molar-refractivity contribution >= 4 is 0 Å². The van der Waals surface area contributed by atoms with Gasteiger partial charge in [-0.25, -0.2) is 0 Å². The summed E-state index contributed by atoms with van der Waals surface area (Å²) in [5.74, 6) is 0.320. The molecule has 3 heteroatoms. The van der Waals surface area contributed by atoms with E-state index in [1.807, 2.05) is 12.1 Å². The molecular weight excluding hydrogens is 262 g/mol. The second-order valence-corrected chi connectivity index (χ2v) is 8.69. The molecule has 0 bridgehead atoms. The SMILES string of the molecule is CC(C)(C)c1cc(C(O)C(C)(C)N)cc(C(C)(C)C)c1O. The summed E-state index contributed by atoms with van der Waals surface area (Å²) in [7, 11) is 0. The van der Waals surface area contributed by atoms with E-state index in [1.165, 1.54) is 0 Å². The smallest absolute Gasteiger partial charge is 0.123 e. The Bertz CT molecular complexity index is 478. The van der Waals surface area contributed by atoms with Gasteiger partial charge in [-0.05, 0) is 53.5 Å². The number of nitrogens with two attached hydrogens (primary N) is 1. The predicted molar refractivity (Wildman–Crippen MR) is 88.7 cm³/mol. The molecule has 3 nitrogen and oxygen atoms in total. The molecule has 0 aliphatic carbocycles. The van der Waals surface area contributed by atoms with Crippen LogP contribution in [0.4, 0.5) is 0 Å². The normalized spacial score (nSPS) is 15.1. The van der Waals surface area contributed by atoms with Gasteiger partial charge in [-0.3, -0.25) is 0 Å². The van der Waals surface area contributed by atoms with Crippen LogP contribution >= 0.6 is 0 Å². The first kappa shape index (κ1) is 18.0. The van der Waals surface area contributed by atoms with Gasteiger partial charge in [-0.1, -0.05) is 41.5 Å². The van der Waals surface area contributed by atoms with E-state index in [1.54, 1.807) is 13.8 Å². The summed E-state index contributed by atoms with van der Waals surface area (Å²) in [6.07, 6.45) is -0.778. The lowest BCUT2D eigenvalue weighted by Crippen LogP contribution is -2.39. The van der Waals surface area contributed by atoms with Crippen molar-refractivity contribution in [3.8, 4) is 5.75 Å². The van der Waals surface area contributed by atoms with Crippen molar-refractivity contribution in [2.24, 2.45) is 5.73 Å². The third kappa shape index (κ3) is 3.98. The summed E-state index contributed by atoms with van der Waals surface area (Å²) >= 11 is 0. The first-order valence-corrected chi connectivity index (χ1v) is 7.50. The first-order valence-electron chi connectivity index (χ1n) is 7.50. The maximum Gasteiger partial charge on any atom is 0.123 e. The van der Waals surface area contributed by atoms with Crippen molar-refractivity contribution in [1.29, 1.82) is 0 Å². The zero-order valence-corrected chi connectivity index (χ0v) is 14.7. The highest BCUT2D eigenvalue weighted by atomic mass is 16.3. The minimum absolute atomic E-state index is 0.210. The molecule has 21 heavy (non-hydrogen) atoms. The summed E-state index contributed by atoms with van der Waals surface area (Å²) in [6, 6.07) is 3.76. The molecule has 1 aromatic carbocycles. The van der Waals surface area contributed by atoms with E-state index in [0.29, 0.717) is 5.75 Å². The topological polar surface area (TPSA) is 66.5 Å². The van der Waals surface area contributed by atoms with Crippen molar-refractivity contribution in [3.63, 3.8) is 0 Å². The number of phenolic OH excluding ortho intramolecular Hbond substituents is 1. The molecule has 1 aromatic rings. The number of rotatable bonds is 2. The molecule has 0 heterocycles. The van der Waals surface area contributed by atoms with Crippen LogP contribution in [0.3, 0.4) is 0 Å². The van der Waals surface area contributed by atoms with Gasteiger partial charge in [0.2, 0.25) is 0 Å². The van der Waals surface area contributed by atoms with Crippen LogP contribution in [0.2, 0.25) is 0 Å². The standard InChI is InChI=1S/C18H31NO2/c1-16(2,3)12-9-11(15(21)18(7,8)19)10-13(14(12)20)17(4,5)6/h9-10,15,20-21H,19H2,1-8H3. The number of phenols is 1. The van der Waals surface area contributed by atoms with Crippen LogP contribution in [0, 0.1) is 0 Å². The highest BCUT2D eigenvalue weighted by Gasteiger charge is 2.31. The van der Waals surface area contributed by atoms with Crippen LogP contribution in [-0.4, -0.2) is 15.8 Å². The summed E-state index contributed by atoms with van der Waals surface area (Å²) in [6.45, 7) is 15.9. The molecule has 0 aliphatic heterocycles. The molecule has 0 fully saturated rings. The van der Waals surface area contributed by atoms with Gasteiger partial charge in [0.25, 0.3) is 0 Å². The van der Waals surface area contributed by atoms with Gasteiger partial charge in [-0.15, -0.1) is 0 Å². The van der Waals surface area contributed by atoms with E-state index in [-0.39, 0.29) is 10.8 Å². The Morgan fingerprint density at radius 1 is 0.857 bits per heavy atom. The number of hydrogen-bond donors (Lipinski definition) is 3. The van der Waals surface area contributed by atoms with Gasteiger partial charge in [0, 0.05) is 5.54 Å². The van der Waals surface area contributed by atoms with Crippen LogP contribution in [0.1, 0.15) is 78.2 Å². The zero-order valence-electron chi connectivity index (χ0n) is 14.7. The molecule has 4 N–H and O–H groups in total.